The molecule has 0 bridgehead atoms. The fraction of sp³-hybridized carbons (Fsp3) is 0.238. The molecule has 12 heteroatoms. The van der Waals surface area contributed by atoms with E-state index in [0.29, 0.717) is 0 Å². The second-order valence-corrected chi connectivity index (χ2v) is 8.91. The summed E-state index contributed by atoms with van der Waals surface area (Å²) < 4.78 is 51.4. The number of hydrogen-bond donors (Lipinski definition) is 2. The third-order valence-electron chi connectivity index (χ3n) is 5.06. The second kappa shape index (κ2) is 8.87. The second-order valence-electron chi connectivity index (χ2n) is 7.37. The van der Waals surface area contributed by atoms with Crippen LogP contribution in [0.3, 0.4) is 0 Å². The van der Waals surface area contributed by atoms with Gasteiger partial charge in [0.1, 0.15) is 5.56 Å². The molecule has 0 spiro atoms. The van der Waals surface area contributed by atoms with E-state index >= 15 is 0 Å². The molecule has 1 fully saturated rings. The maximum Gasteiger partial charge on any atom is 0.416 e. The highest BCUT2D eigenvalue weighted by molar-refractivity contribution is 7.85. The Hall–Kier alpha value is -3.38. The van der Waals surface area contributed by atoms with Crippen LogP contribution in [-0.4, -0.2) is 53.6 Å². The number of nitrogens with zero attached hydrogens (tertiary/aromatic N) is 3. The van der Waals surface area contributed by atoms with Gasteiger partial charge in [0.2, 0.25) is 0 Å². The van der Waals surface area contributed by atoms with E-state index in [1.807, 2.05) is 0 Å². The maximum atomic E-state index is 13.0. The molecule has 4 rings (SSSR count). The van der Waals surface area contributed by atoms with Gasteiger partial charge in [0.25, 0.3) is 11.5 Å². The summed E-state index contributed by atoms with van der Waals surface area (Å²) in [6, 6.07) is 7.59. The molecule has 1 amide bonds. The van der Waals surface area contributed by atoms with Crippen LogP contribution in [0.5, 0.6) is 0 Å². The van der Waals surface area contributed by atoms with E-state index in [0.717, 1.165) is 16.8 Å². The number of amides is 1. The number of alkyl halides is 3. The lowest BCUT2D eigenvalue weighted by Gasteiger charge is -2.16. The molecule has 8 nitrogen and oxygen atoms in total. The molecule has 3 aromatic rings. The van der Waals surface area contributed by atoms with Crippen LogP contribution in [-0.2, 0) is 17.0 Å². The summed E-state index contributed by atoms with van der Waals surface area (Å²) in [5, 5.41) is 16.7. The van der Waals surface area contributed by atoms with Crippen molar-refractivity contribution in [3.8, 4) is 16.9 Å². The number of aromatic nitrogens is 3. The van der Waals surface area contributed by atoms with Gasteiger partial charge in [-0.15, -0.1) is 0 Å². The van der Waals surface area contributed by atoms with Gasteiger partial charge in [-0.05, 0) is 30.3 Å². The normalized spacial score (nSPS) is 20.5. The zero-order chi connectivity index (χ0) is 23.8. The number of carbonyl (C=O) groups excluding carboxylic acids is 1. The SMILES string of the molecule is O=C(N[C@@H]1C[S@@](=O)C[C@@H]1O)c1cc(-c2ccc(C(F)(F)F)cc2)nn(-c2cccnc2)c1=O. The van der Waals surface area contributed by atoms with E-state index in [2.05, 4.69) is 15.4 Å². The molecule has 33 heavy (non-hydrogen) atoms. The third kappa shape index (κ3) is 4.86. The highest BCUT2D eigenvalue weighted by atomic mass is 32.2. The predicted molar refractivity (Wildman–Crippen MR) is 113 cm³/mol. The summed E-state index contributed by atoms with van der Waals surface area (Å²) in [6.45, 7) is 0. The molecule has 3 atom stereocenters. The van der Waals surface area contributed by atoms with Crippen molar-refractivity contribution in [1.29, 1.82) is 0 Å². The minimum absolute atomic E-state index is 0.0119. The van der Waals surface area contributed by atoms with Crippen LogP contribution in [0.2, 0.25) is 0 Å². The fourth-order valence-electron chi connectivity index (χ4n) is 3.35. The van der Waals surface area contributed by atoms with E-state index in [-0.39, 0.29) is 34.0 Å². The number of rotatable bonds is 4. The average Bonchev–Trinajstić information content (AvgIpc) is 3.10. The summed E-state index contributed by atoms with van der Waals surface area (Å²) in [4.78, 5) is 29.9. The Labute approximate surface area is 187 Å². The third-order valence-corrected chi connectivity index (χ3v) is 6.50. The Balaban J connectivity index is 1.78. The average molecular weight is 478 g/mol. The minimum Gasteiger partial charge on any atom is -0.390 e. The molecule has 0 radical (unpaired) electrons. The lowest BCUT2D eigenvalue weighted by atomic mass is 10.1. The van der Waals surface area contributed by atoms with Crippen LogP contribution in [0.1, 0.15) is 15.9 Å². The van der Waals surface area contributed by atoms with Crippen molar-refractivity contribution in [2.75, 3.05) is 11.5 Å². The van der Waals surface area contributed by atoms with Crippen molar-refractivity contribution in [1.82, 2.24) is 20.1 Å². The van der Waals surface area contributed by atoms with Crippen LogP contribution in [0.25, 0.3) is 16.9 Å². The molecule has 1 aliphatic heterocycles. The van der Waals surface area contributed by atoms with Crippen molar-refractivity contribution in [2.24, 2.45) is 0 Å². The zero-order valence-corrected chi connectivity index (χ0v) is 17.6. The molecule has 1 aliphatic rings. The molecule has 0 saturated carbocycles. The van der Waals surface area contributed by atoms with Gasteiger partial charge in [-0.2, -0.15) is 23.0 Å². The molecule has 3 heterocycles. The van der Waals surface area contributed by atoms with Gasteiger partial charge in [0.15, 0.2) is 0 Å². The molecule has 172 valence electrons. The number of benzene rings is 1. The summed E-state index contributed by atoms with van der Waals surface area (Å²) in [5.41, 5.74) is -1.41. The lowest BCUT2D eigenvalue weighted by Crippen LogP contribution is -2.44. The Morgan fingerprint density at radius 2 is 1.91 bits per heavy atom. The van der Waals surface area contributed by atoms with E-state index < -0.39 is 46.2 Å². The molecular weight excluding hydrogens is 461 g/mol. The van der Waals surface area contributed by atoms with Gasteiger partial charge >= 0.3 is 6.18 Å². The van der Waals surface area contributed by atoms with E-state index in [1.54, 1.807) is 6.07 Å². The molecule has 0 aliphatic carbocycles. The van der Waals surface area contributed by atoms with Crippen LogP contribution >= 0.6 is 0 Å². The molecule has 2 N–H and O–H groups in total. The van der Waals surface area contributed by atoms with Crippen LogP contribution in [0, 0.1) is 0 Å². The predicted octanol–water partition coefficient (Wildman–Crippen LogP) is 1.53. The summed E-state index contributed by atoms with van der Waals surface area (Å²) in [7, 11) is -1.30. The topological polar surface area (TPSA) is 114 Å². The standard InChI is InChI=1S/C21H17F3N4O4S/c22-21(23,24)13-5-3-12(4-6-13)16-8-15(19(30)26-17-10-33(32)11-18(17)29)20(31)28(27-16)14-2-1-7-25-9-14/h1-9,17-18,29H,10-11H2,(H,26,30)/t17-,18+,33-/m1/s1. The number of carbonyl (C=O) groups is 1. The maximum absolute atomic E-state index is 13.0. The summed E-state index contributed by atoms with van der Waals surface area (Å²) >= 11 is 0. The molecule has 2 aromatic heterocycles. The number of aliphatic hydroxyl groups excluding tert-OH is 1. The zero-order valence-electron chi connectivity index (χ0n) is 16.8. The van der Waals surface area contributed by atoms with E-state index in [4.69, 9.17) is 0 Å². The van der Waals surface area contributed by atoms with Gasteiger partial charge in [-0.3, -0.25) is 18.8 Å². The Kier molecular flexibility index (Phi) is 6.13. The number of aliphatic hydroxyl groups is 1. The van der Waals surface area contributed by atoms with Gasteiger partial charge < -0.3 is 10.4 Å². The number of pyridine rings is 1. The van der Waals surface area contributed by atoms with Crippen molar-refractivity contribution >= 4 is 16.7 Å². The first-order valence-corrected chi connectivity index (χ1v) is 11.2. The summed E-state index contributed by atoms with van der Waals surface area (Å²) in [6.07, 6.45) is -2.72. The molecular formula is C21H17F3N4O4S. The van der Waals surface area contributed by atoms with Crippen molar-refractivity contribution in [2.45, 2.75) is 18.3 Å². The largest absolute Gasteiger partial charge is 0.416 e. The molecule has 1 saturated heterocycles. The van der Waals surface area contributed by atoms with E-state index in [9.17, 15) is 32.1 Å². The quantitative estimate of drug-likeness (QED) is 0.588. The van der Waals surface area contributed by atoms with Gasteiger partial charge in [-0.1, -0.05) is 12.1 Å². The summed E-state index contributed by atoms with van der Waals surface area (Å²) in [5.74, 6) is -0.769. The number of nitrogens with one attached hydrogen (secondary N) is 1. The Morgan fingerprint density at radius 1 is 1.18 bits per heavy atom. The first-order valence-electron chi connectivity index (χ1n) is 9.70. The first kappa shape index (κ1) is 22.8. The van der Waals surface area contributed by atoms with Crippen LogP contribution in [0.4, 0.5) is 13.2 Å². The van der Waals surface area contributed by atoms with Gasteiger partial charge in [-0.25, -0.2) is 0 Å². The van der Waals surface area contributed by atoms with E-state index in [1.165, 1.54) is 36.7 Å². The van der Waals surface area contributed by atoms with Crippen molar-refractivity contribution < 1.29 is 27.3 Å². The van der Waals surface area contributed by atoms with Crippen LogP contribution in [0.15, 0.2) is 59.7 Å². The Morgan fingerprint density at radius 3 is 2.48 bits per heavy atom. The highest BCUT2D eigenvalue weighted by Crippen LogP contribution is 2.30. The number of hydrogen-bond acceptors (Lipinski definition) is 6. The fourth-order valence-corrected chi connectivity index (χ4v) is 4.81. The first-order chi connectivity index (χ1) is 15.6. The molecule has 0 unspecified atom stereocenters. The van der Waals surface area contributed by atoms with Crippen molar-refractivity contribution in [3.63, 3.8) is 0 Å². The minimum atomic E-state index is -4.52. The smallest absolute Gasteiger partial charge is 0.390 e. The van der Waals surface area contributed by atoms with Gasteiger partial charge in [0, 0.05) is 28.3 Å². The Bertz CT molecular complexity index is 1260. The highest BCUT2D eigenvalue weighted by Gasteiger charge is 2.33. The van der Waals surface area contributed by atoms with Crippen LogP contribution < -0.4 is 10.9 Å². The van der Waals surface area contributed by atoms with Crippen molar-refractivity contribution in [3.05, 3.63) is 76.3 Å². The molecule has 1 aromatic carbocycles. The number of halogens is 3. The van der Waals surface area contributed by atoms with Gasteiger partial charge in [0.05, 0.1) is 41.0 Å². The lowest BCUT2D eigenvalue weighted by molar-refractivity contribution is -0.137. The monoisotopic (exact) mass is 478 g/mol.